The van der Waals surface area contributed by atoms with Crippen molar-refractivity contribution in [2.24, 2.45) is 17.3 Å². The van der Waals surface area contributed by atoms with Gasteiger partial charge in [-0.05, 0) is 73.6 Å². The second-order valence-corrected chi connectivity index (χ2v) is 12.9. The Morgan fingerprint density at radius 3 is 2.36 bits per heavy atom. The molecule has 4 rings (SSSR count). The van der Waals surface area contributed by atoms with Gasteiger partial charge in [0.2, 0.25) is 17.7 Å². The molecule has 0 radical (unpaired) electrons. The van der Waals surface area contributed by atoms with Gasteiger partial charge in [0, 0.05) is 31.6 Å². The van der Waals surface area contributed by atoms with E-state index in [1.54, 1.807) is 36.9 Å². The van der Waals surface area contributed by atoms with Gasteiger partial charge in [-0.25, -0.2) is 4.39 Å². The van der Waals surface area contributed by atoms with E-state index in [1.807, 2.05) is 6.92 Å². The molecule has 0 bridgehead atoms. The SMILES string of the molecule is CCC(=O)N[C@@H](C(=O)NCC1(C)CC1)[C@@H](C)c1ccc(NC(=O)[C@@H](NC(=O)c2ccnn2CC)[C@H]2CC[C@H](C)CC2)c(F)c1. The summed E-state index contributed by atoms with van der Waals surface area (Å²) in [6, 6.07) is 4.29. The van der Waals surface area contributed by atoms with Crippen molar-refractivity contribution < 1.29 is 23.6 Å². The standard InChI is InChI=1S/C33H47FN6O4/c1-6-27(41)38-28(31(43)35-19-33(5)15-16-33)21(4)23-12-13-25(24(34)18-23)37-32(44)29(22-10-8-20(3)9-11-22)39-30(42)26-14-17-36-40(26)7-2/h12-14,17-18,20-22,28-29H,6-11,15-16,19H2,1-5H3,(H,35,43)(H,37,44)(H,38,41)(H,39,42)/t20-,21-,22-,28+,29-/m0/s1. The minimum absolute atomic E-state index is 0.0202. The van der Waals surface area contributed by atoms with Crippen molar-refractivity contribution in [2.75, 3.05) is 11.9 Å². The predicted molar refractivity (Wildman–Crippen MR) is 166 cm³/mol. The largest absolute Gasteiger partial charge is 0.354 e. The first-order valence-electron chi connectivity index (χ1n) is 15.9. The Balaban J connectivity index is 1.50. The summed E-state index contributed by atoms with van der Waals surface area (Å²) in [5.41, 5.74) is 0.940. The Bertz CT molecular complexity index is 1350. The molecule has 0 saturated heterocycles. The second-order valence-electron chi connectivity index (χ2n) is 12.9. The summed E-state index contributed by atoms with van der Waals surface area (Å²) in [4.78, 5) is 52.2. The van der Waals surface area contributed by atoms with Crippen molar-refractivity contribution in [3.8, 4) is 0 Å². The van der Waals surface area contributed by atoms with Crippen LogP contribution in [-0.2, 0) is 20.9 Å². The van der Waals surface area contributed by atoms with Crippen LogP contribution in [0.2, 0.25) is 0 Å². The number of hydrogen-bond acceptors (Lipinski definition) is 5. The first-order valence-corrected chi connectivity index (χ1v) is 15.9. The van der Waals surface area contributed by atoms with Crippen LogP contribution in [0.3, 0.4) is 0 Å². The van der Waals surface area contributed by atoms with Gasteiger partial charge >= 0.3 is 0 Å². The highest BCUT2D eigenvalue weighted by molar-refractivity contribution is 6.00. The van der Waals surface area contributed by atoms with E-state index >= 15 is 4.39 Å². The zero-order chi connectivity index (χ0) is 32.0. The van der Waals surface area contributed by atoms with Crippen LogP contribution in [0.5, 0.6) is 0 Å². The van der Waals surface area contributed by atoms with Gasteiger partial charge in [0.1, 0.15) is 23.6 Å². The van der Waals surface area contributed by atoms with E-state index in [9.17, 15) is 19.2 Å². The summed E-state index contributed by atoms with van der Waals surface area (Å²) in [5, 5.41) is 15.5. The van der Waals surface area contributed by atoms with Crippen LogP contribution < -0.4 is 21.3 Å². The predicted octanol–water partition coefficient (Wildman–Crippen LogP) is 4.52. The summed E-state index contributed by atoms with van der Waals surface area (Å²) in [7, 11) is 0. The third-order valence-electron chi connectivity index (χ3n) is 9.34. The lowest BCUT2D eigenvalue weighted by Crippen LogP contribution is -2.50. The van der Waals surface area contributed by atoms with Crippen LogP contribution in [0, 0.1) is 23.1 Å². The van der Waals surface area contributed by atoms with E-state index in [2.05, 4.69) is 40.2 Å². The van der Waals surface area contributed by atoms with Crippen molar-refractivity contribution in [1.29, 1.82) is 0 Å². The molecule has 0 spiro atoms. The lowest BCUT2D eigenvalue weighted by molar-refractivity contribution is -0.129. The number of halogens is 1. The second kappa shape index (κ2) is 14.3. The molecule has 1 aromatic carbocycles. The number of hydrogen-bond donors (Lipinski definition) is 4. The van der Waals surface area contributed by atoms with Crippen molar-refractivity contribution in [1.82, 2.24) is 25.7 Å². The highest BCUT2D eigenvalue weighted by Gasteiger charge is 2.39. The summed E-state index contributed by atoms with van der Waals surface area (Å²) in [5.74, 6) is -2.21. The summed E-state index contributed by atoms with van der Waals surface area (Å²) in [6.45, 7) is 10.7. The molecule has 2 aromatic rings. The summed E-state index contributed by atoms with van der Waals surface area (Å²) in [6.07, 6.45) is 7.29. The highest BCUT2D eigenvalue weighted by Crippen LogP contribution is 2.44. The molecule has 2 saturated carbocycles. The number of carbonyl (C=O) groups is 4. The smallest absolute Gasteiger partial charge is 0.270 e. The molecular weight excluding hydrogens is 563 g/mol. The molecule has 0 aliphatic heterocycles. The number of nitrogens with zero attached hydrogens (tertiary/aromatic N) is 2. The minimum atomic E-state index is -0.880. The van der Waals surface area contributed by atoms with Crippen LogP contribution in [0.1, 0.15) is 102 Å². The van der Waals surface area contributed by atoms with Crippen molar-refractivity contribution in [3.63, 3.8) is 0 Å². The third kappa shape index (κ3) is 8.24. The maximum absolute atomic E-state index is 15.5. The van der Waals surface area contributed by atoms with Crippen LogP contribution in [0.25, 0.3) is 0 Å². The highest BCUT2D eigenvalue weighted by atomic mass is 19.1. The fourth-order valence-corrected chi connectivity index (χ4v) is 5.82. The number of amides is 4. The van der Waals surface area contributed by atoms with Crippen LogP contribution in [-0.4, -0.2) is 52.0 Å². The molecule has 1 aromatic heterocycles. The number of anilines is 1. The normalized spacial score (nSPS) is 21.0. The van der Waals surface area contributed by atoms with E-state index in [1.165, 1.54) is 12.1 Å². The average molecular weight is 611 g/mol. The monoisotopic (exact) mass is 610 g/mol. The topological polar surface area (TPSA) is 134 Å². The van der Waals surface area contributed by atoms with Gasteiger partial charge in [-0.1, -0.05) is 46.6 Å². The quantitative estimate of drug-likeness (QED) is 0.265. The zero-order valence-electron chi connectivity index (χ0n) is 26.5. The molecule has 240 valence electrons. The first kappa shape index (κ1) is 33.1. The molecule has 4 amide bonds. The Labute approximate surface area is 259 Å². The fraction of sp³-hybridized carbons (Fsp3) is 0.606. The zero-order valence-corrected chi connectivity index (χ0v) is 26.5. The van der Waals surface area contributed by atoms with Gasteiger partial charge in [0.05, 0.1) is 5.69 Å². The number of nitrogens with one attached hydrogen (secondary N) is 4. The van der Waals surface area contributed by atoms with E-state index in [0.29, 0.717) is 30.3 Å². The maximum atomic E-state index is 15.5. The van der Waals surface area contributed by atoms with Gasteiger partial charge < -0.3 is 21.3 Å². The van der Waals surface area contributed by atoms with Crippen LogP contribution in [0.15, 0.2) is 30.5 Å². The molecular formula is C33H47FN6O4. The number of aromatic nitrogens is 2. The number of carbonyl (C=O) groups excluding carboxylic acids is 4. The summed E-state index contributed by atoms with van der Waals surface area (Å²) < 4.78 is 17.1. The molecule has 2 fully saturated rings. The Kier molecular flexibility index (Phi) is 10.8. The van der Waals surface area contributed by atoms with Crippen LogP contribution >= 0.6 is 0 Å². The third-order valence-corrected chi connectivity index (χ3v) is 9.34. The molecule has 0 unspecified atom stereocenters. The Morgan fingerprint density at radius 1 is 1.05 bits per heavy atom. The van der Waals surface area contributed by atoms with E-state index in [-0.39, 0.29) is 35.3 Å². The van der Waals surface area contributed by atoms with Gasteiger partial charge in [-0.3, -0.25) is 23.9 Å². The fourth-order valence-electron chi connectivity index (χ4n) is 5.82. The van der Waals surface area contributed by atoms with Gasteiger partial charge in [-0.2, -0.15) is 5.10 Å². The molecule has 2 aliphatic carbocycles. The molecule has 1 heterocycles. The first-order chi connectivity index (χ1) is 20.9. The van der Waals surface area contributed by atoms with E-state index in [0.717, 1.165) is 38.5 Å². The number of benzene rings is 1. The van der Waals surface area contributed by atoms with Crippen molar-refractivity contribution in [3.05, 3.63) is 47.5 Å². The lowest BCUT2D eigenvalue weighted by atomic mass is 9.79. The Hall–Kier alpha value is -3.76. The Morgan fingerprint density at radius 2 is 1.75 bits per heavy atom. The molecule has 11 heteroatoms. The molecule has 3 atom stereocenters. The van der Waals surface area contributed by atoms with Gasteiger partial charge in [-0.15, -0.1) is 0 Å². The van der Waals surface area contributed by atoms with Crippen molar-refractivity contribution >= 4 is 29.3 Å². The number of rotatable bonds is 13. The summed E-state index contributed by atoms with van der Waals surface area (Å²) >= 11 is 0. The average Bonchev–Trinajstić information content (AvgIpc) is 3.55. The lowest BCUT2D eigenvalue weighted by Gasteiger charge is -2.32. The van der Waals surface area contributed by atoms with E-state index in [4.69, 9.17) is 0 Å². The van der Waals surface area contributed by atoms with Gasteiger partial charge in [0.15, 0.2) is 0 Å². The van der Waals surface area contributed by atoms with E-state index < -0.39 is 35.6 Å². The van der Waals surface area contributed by atoms with Gasteiger partial charge in [0.25, 0.3) is 5.91 Å². The molecule has 10 nitrogen and oxygen atoms in total. The van der Waals surface area contributed by atoms with Crippen LogP contribution in [0.4, 0.5) is 10.1 Å². The molecule has 44 heavy (non-hydrogen) atoms. The minimum Gasteiger partial charge on any atom is -0.354 e. The van der Waals surface area contributed by atoms with Crippen molar-refractivity contribution in [2.45, 2.75) is 104 Å². The molecule has 2 aliphatic rings. The molecule has 4 N–H and O–H groups in total. The maximum Gasteiger partial charge on any atom is 0.270 e. The number of aryl methyl sites for hydroxylation is 1.